The number of carboxylic acids is 1. The van der Waals surface area contributed by atoms with Gasteiger partial charge in [0.2, 0.25) is 0 Å². The molecule has 1 fully saturated rings. The second-order valence-electron chi connectivity index (χ2n) is 12.7. The second-order valence-corrected chi connectivity index (χ2v) is 13.7. The molecule has 220 valence electrons. The van der Waals surface area contributed by atoms with E-state index >= 15 is 0 Å². The Morgan fingerprint density at radius 1 is 1.19 bits per heavy atom. The monoisotopic (exact) mass is 584 g/mol. The van der Waals surface area contributed by atoms with E-state index in [9.17, 15) is 9.90 Å². The third kappa shape index (κ3) is 5.96. The number of pyridine rings is 1. The summed E-state index contributed by atoms with van der Waals surface area (Å²) in [6, 6.07) is 13.5. The number of fused-ring (bicyclic) bond motifs is 1. The van der Waals surface area contributed by atoms with Crippen molar-refractivity contribution in [1.29, 1.82) is 0 Å². The fraction of sp³-hybridized carbons (Fsp3) is 0.412. The average molecular weight is 585 g/mol. The average Bonchev–Trinajstić information content (AvgIpc) is 3.64. The predicted octanol–water partition coefficient (Wildman–Crippen LogP) is 7.64. The molecule has 6 rings (SSSR count). The number of ether oxygens (including phenoxy) is 1. The summed E-state index contributed by atoms with van der Waals surface area (Å²) in [5.74, 6) is 0.315. The number of carbonyl (C=O) groups is 1. The van der Waals surface area contributed by atoms with Gasteiger partial charge in [-0.25, -0.2) is 9.78 Å². The van der Waals surface area contributed by atoms with E-state index in [1.165, 1.54) is 16.9 Å². The number of nitrogens with one attached hydrogen (secondary N) is 1. The van der Waals surface area contributed by atoms with Crippen molar-refractivity contribution in [3.63, 3.8) is 0 Å². The first-order valence-electron chi connectivity index (χ1n) is 14.9. The number of piperazine rings is 1. The van der Waals surface area contributed by atoms with Crippen molar-refractivity contribution >= 4 is 39.6 Å². The summed E-state index contributed by atoms with van der Waals surface area (Å²) in [6.45, 7) is 12.7. The summed E-state index contributed by atoms with van der Waals surface area (Å²) < 4.78 is 6.66. The molecule has 1 unspecified atom stereocenters. The molecule has 1 atom stereocenters. The lowest BCUT2D eigenvalue weighted by molar-refractivity contribution is 0.0697. The molecule has 4 heterocycles. The first-order valence-corrected chi connectivity index (χ1v) is 15.8. The van der Waals surface area contributed by atoms with Crippen LogP contribution in [0.2, 0.25) is 0 Å². The number of aromatic carboxylic acids is 1. The normalized spacial score (nSPS) is 19.5. The Bertz CT molecular complexity index is 1600. The molecule has 1 saturated heterocycles. The lowest BCUT2D eigenvalue weighted by Crippen LogP contribution is -2.56. The molecule has 4 aromatic rings. The van der Waals surface area contributed by atoms with Gasteiger partial charge < -0.3 is 19.7 Å². The quantitative estimate of drug-likeness (QED) is 0.222. The number of nitrogens with zero attached hydrogens (tertiary/aromatic N) is 3. The fourth-order valence-electron chi connectivity index (χ4n) is 6.36. The number of benzene rings is 1. The van der Waals surface area contributed by atoms with Crippen LogP contribution in [0.1, 0.15) is 73.7 Å². The summed E-state index contributed by atoms with van der Waals surface area (Å²) in [4.78, 5) is 25.4. The number of anilines is 1. The molecular formula is C34H40N4O3S. The molecule has 8 heteroatoms. The molecule has 1 aromatic carbocycles. The Labute approximate surface area is 251 Å². The highest BCUT2D eigenvalue weighted by Gasteiger charge is 2.33. The number of rotatable bonds is 8. The van der Waals surface area contributed by atoms with Crippen molar-refractivity contribution in [2.45, 2.75) is 59.1 Å². The Kier molecular flexibility index (Phi) is 7.85. The van der Waals surface area contributed by atoms with Crippen LogP contribution in [0.25, 0.3) is 16.6 Å². The number of hydrogen-bond donors (Lipinski definition) is 2. The van der Waals surface area contributed by atoms with E-state index in [0.717, 1.165) is 61.5 Å². The summed E-state index contributed by atoms with van der Waals surface area (Å²) in [5.41, 5.74) is 6.93. The van der Waals surface area contributed by atoms with Gasteiger partial charge in [-0.05, 0) is 89.6 Å². The van der Waals surface area contributed by atoms with Gasteiger partial charge in [-0.3, -0.25) is 4.90 Å². The molecule has 7 nitrogen and oxygen atoms in total. The van der Waals surface area contributed by atoms with Crippen molar-refractivity contribution in [1.82, 2.24) is 14.9 Å². The van der Waals surface area contributed by atoms with Crippen LogP contribution < -0.4 is 9.64 Å². The maximum absolute atomic E-state index is 11.5. The summed E-state index contributed by atoms with van der Waals surface area (Å²) >= 11 is 1.88. The van der Waals surface area contributed by atoms with Crippen molar-refractivity contribution in [3.05, 3.63) is 81.8 Å². The van der Waals surface area contributed by atoms with E-state index in [1.807, 2.05) is 41.8 Å². The maximum atomic E-state index is 11.5. The number of hydrogen-bond acceptors (Lipinski definition) is 6. The Morgan fingerprint density at radius 2 is 2.00 bits per heavy atom. The molecule has 0 spiro atoms. The van der Waals surface area contributed by atoms with Gasteiger partial charge in [0.15, 0.2) is 6.23 Å². The van der Waals surface area contributed by atoms with Crippen molar-refractivity contribution in [3.8, 4) is 5.75 Å². The minimum Gasteiger partial charge on any atom is -0.478 e. The molecule has 1 aliphatic carbocycles. The molecular weight excluding hydrogens is 544 g/mol. The minimum atomic E-state index is -0.920. The molecule has 1 aliphatic heterocycles. The van der Waals surface area contributed by atoms with Gasteiger partial charge in [0, 0.05) is 41.8 Å². The first-order chi connectivity index (χ1) is 20.2. The molecule has 0 radical (unpaired) electrons. The van der Waals surface area contributed by atoms with E-state index in [4.69, 9.17) is 4.74 Å². The van der Waals surface area contributed by atoms with E-state index in [2.05, 4.69) is 58.9 Å². The molecule has 0 bridgehead atoms. The maximum Gasteiger partial charge on any atom is 0.335 e. The number of allylic oxidation sites excluding steroid dienone is 1. The van der Waals surface area contributed by atoms with Crippen LogP contribution in [-0.4, -0.2) is 58.4 Å². The van der Waals surface area contributed by atoms with E-state index in [-0.39, 0.29) is 11.8 Å². The van der Waals surface area contributed by atoms with Gasteiger partial charge in [0.05, 0.1) is 18.3 Å². The molecule has 3 aromatic heterocycles. The first kappa shape index (κ1) is 28.5. The van der Waals surface area contributed by atoms with Crippen molar-refractivity contribution in [2.75, 3.05) is 31.1 Å². The third-order valence-corrected chi connectivity index (χ3v) is 9.87. The zero-order valence-corrected chi connectivity index (χ0v) is 25.7. The number of H-pyrrole nitrogens is 1. The lowest BCUT2D eigenvalue weighted by Gasteiger charge is -2.43. The van der Waals surface area contributed by atoms with Gasteiger partial charge >= 0.3 is 5.97 Å². The highest BCUT2D eigenvalue weighted by atomic mass is 32.1. The van der Waals surface area contributed by atoms with Crippen molar-refractivity contribution < 1.29 is 14.6 Å². The van der Waals surface area contributed by atoms with Gasteiger partial charge in [-0.15, -0.1) is 11.3 Å². The van der Waals surface area contributed by atoms with Gasteiger partial charge in [0.25, 0.3) is 0 Å². The second kappa shape index (κ2) is 11.6. The van der Waals surface area contributed by atoms with Crippen LogP contribution in [0.3, 0.4) is 0 Å². The predicted molar refractivity (Wildman–Crippen MR) is 171 cm³/mol. The standard InChI is InChI=1S/C34H40N4O3S/c1-22(2)31-28(11-16-42-31)29-18-34(3,4)12-9-25(29)20-37-14-15-38(26-7-5-23(6-8-26)33(39)40)30(21-37)41-27-17-24-10-13-35-32(24)36-19-27/h5-8,10-11,13,16-17,19,22,30H,9,12,14-15,18,20-21H2,1-4H3,(H,35,36)(H,39,40). The SMILES string of the molecule is CC(C)c1sccc1C1=C(CN2CCN(c3ccc(C(=O)O)cc3)C(Oc3cnc4[nH]ccc4c3)C2)CCC(C)(C)C1. The highest BCUT2D eigenvalue weighted by Crippen LogP contribution is 2.46. The zero-order valence-electron chi connectivity index (χ0n) is 24.9. The van der Waals surface area contributed by atoms with E-state index in [1.54, 1.807) is 29.5 Å². The van der Waals surface area contributed by atoms with Gasteiger partial charge in [0.1, 0.15) is 11.4 Å². The Balaban J connectivity index is 1.29. The smallest absolute Gasteiger partial charge is 0.335 e. The van der Waals surface area contributed by atoms with Gasteiger partial charge in [-0.1, -0.05) is 33.3 Å². The van der Waals surface area contributed by atoms with Crippen molar-refractivity contribution in [2.24, 2.45) is 5.41 Å². The zero-order chi connectivity index (χ0) is 29.4. The molecule has 2 aliphatic rings. The molecule has 0 saturated carbocycles. The van der Waals surface area contributed by atoms with Gasteiger partial charge in [-0.2, -0.15) is 0 Å². The summed E-state index contributed by atoms with van der Waals surface area (Å²) in [6.07, 6.45) is 6.84. The Hall–Kier alpha value is -3.62. The number of aromatic nitrogens is 2. The topological polar surface area (TPSA) is 81.7 Å². The van der Waals surface area contributed by atoms with Crippen LogP contribution >= 0.6 is 11.3 Å². The van der Waals surface area contributed by atoms with Crippen LogP contribution in [0.15, 0.2) is 65.8 Å². The number of thiophene rings is 1. The summed E-state index contributed by atoms with van der Waals surface area (Å²) in [7, 11) is 0. The largest absolute Gasteiger partial charge is 0.478 e. The molecule has 0 amide bonds. The summed E-state index contributed by atoms with van der Waals surface area (Å²) in [5, 5.41) is 12.7. The van der Waals surface area contributed by atoms with Crippen LogP contribution in [0.5, 0.6) is 5.75 Å². The van der Waals surface area contributed by atoms with Crippen LogP contribution in [0.4, 0.5) is 5.69 Å². The highest BCUT2D eigenvalue weighted by molar-refractivity contribution is 7.10. The van der Waals surface area contributed by atoms with Crippen LogP contribution in [-0.2, 0) is 0 Å². The molecule has 2 N–H and O–H groups in total. The molecule has 42 heavy (non-hydrogen) atoms. The Morgan fingerprint density at radius 3 is 2.76 bits per heavy atom. The number of carboxylic acid groups (broad SMARTS) is 1. The lowest BCUT2D eigenvalue weighted by atomic mass is 9.72. The van der Waals surface area contributed by atoms with E-state index in [0.29, 0.717) is 11.3 Å². The van der Waals surface area contributed by atoms with E-state index < -0.39 is 5.97 Å². The van der Waals surface area contributed by atoms with Crippen LogP contribution in [0, 0.1) is 5.41 Å². The minimum absolute atomic E-state index is 0.246. The number of aromatic amines is 1. The third-order valence-electron chi connectivity index (χ3n) is 8.66. The fourth-order valence-corrected chi connectivity index (χ4v) is 7.30.